The second-order valence-corrected chi connectivity index (χ2v) is 18.0. The first kappa shape index (κ1) is 41.8. The fraction of sp³-hybridized carbons (Fsp3) is 0.435. The molecular weight excluding hydrogens is 673 g/mol. The second kappa shape index (κ2) is 17.0. The van der Waals surface area contributed by atoms with Gasteiger partial charge in [0.15, 0.2) is 0 Å². The molecule has 8 heteroatoms. The van der Waals surface area contributed by atoms with Gasteiger partial charge in [-0.3, -0.25) is 0 Å². The van der Waals surface area contributed by atoms with Crippen molar-refractivity contribution in [3.8, 4) is 22.6 Å². The molecule has 0 aliphatic heterocycles. The predicted octanol–water partition coefficient (Wildman–Crippen LogP) is 10.9. The molecule has 0 saturated heterocycles. The van der Waals surface area contributed by atoms with Gasteiger partial charge >= 0.3 is 12.1 Å². The number of urea groups is 2. The van der Waals surface area contributed by atoms with Gasteiger partial charge in [-0.1, -0.05) is 132 Å². The van der Waals surface area contributed by atoms with Crippen LogP contribution in [0.5, 0.6) is 11.5 Å². The SMILES string of the molecule is CC(C)(C)c1cc(-c2cc(C(C)(C)C)cc(C(C)(C)C)c2OCCNC(=O)Nc2ccccc2)c(OCCNC(=O)Nc2ccccc2)c(C(C)(C)C)c1. The van der Waals surface area contributed by atoms with E-state index < -0.39 is 0 Å². The van der Waals surface area contributed by atoms with Crippen molar-refractivity contribution >= 4 is 23.4 Å². The lowest BCUT2D eigenvalue weighted by molar-refractivity contribution is 0.246. The highest BCUT2D eigenvalue weighted by Gasteiger charge is 2.32. The summed E-state index contributed by atoms with van der Waals surface area (Å²) in [5, 5.41) is 11.6. The summed E-state index contributed by atoms with van der Waals surface area (Å²) >= 11 is 0. The normalized spacial score (nSPS) is 12.1. The van der Waals surface area contributed by atoms with Gasteiger partial charge < -0.3 is 30.7 Å². The zero-order valence-electron chi connectivity index (χ0n) is 34.5. The first-order chi connectivity index (χ1) is 25.1. The fourth-order valence-corrected chi connectivity index (χ4v) is 5.98. The maximum Gasteiger partial charge on any atom is 0.319 e. The minimum absolute atomic E-state index is 0.157. The van der Waals surface area contributed by atoms with E-state index in [1.165, 1.54) is 11.1 Å². The van der Waals surface area contributed by atoms with E-state index in [4.69, 9.17) is 9.47 Å². The topological polar surface area (TPSA) is 101 Å². The Morgan fingerprint density at radius 2 is 0.815 bits per heavy atom. The lowest BCUT2D eigenvalue weighted by Crippen LogP contribution is -2.32. The average molecular weight is 735 g/mol. The number of nitrogens with one attached hydrogen (secondary N) is 4. The molecule has 0 fully saturated rings. The molecule has 4 N–H and O–H groups in total. The molecular formula is C46H62N4O4. The smallest absolute Gasteiger partial charge is 0.319 e. The van der Waals surface area contributed by atoms with Gasteiger partial charge in [-0.25, -0.2) is 9.59 Å². The van der Waals surface area contributed by atoms with Crippen LogP contribution in [0.2, 0.25) is 0 Å². The van der Waals surface area contributed by atoms with Crippen LogP contribution in [0.15, 0.2) is 84.9 Å². The number of hydrogen-bond donors (Lipinski definition) is 4. The maximum absolute atomic E-state index is 12.7. The molecule has 4 aromatic rings. The van der Waals surface area contributed by atoms with E-state index in [0.29, 0.717) is 13.1 Å². The van der Waals surface area contributed by atoms with Crippen LogP contribution in [0.1, 0.15) is 105 Å². The molecule has 0 unspecified atom stereocenters. The van der Waals surface area contributed by atoms with E-state index in [0.717, 1.165) is 45.1 Å². The molecule has 8 nitrogen and oxygen atoms in total. The van der Waals surface area contributed by atoms with Crippen molar-refractivity contribution < 1.29 is 19.1 Å². The minimum atomic E-state index is -0.293. The third kappa shape index (κ3) is 11.5. The van der Waals surface area contributed by atoms with Gasteiger partial charge in [0.2, 0.25) is 0 Å². The Labute approximate surface area is 323 Å². The van der Waals surface area contributed by atoms with Crippen molar-refractivity contribution in [3.05, 3.63) is 107 Å². The number of rotatable bonds is 11. The van der Waals surface area contributed by atoms with E-state index in [1.807, 2.05) is 60.7 Å². The van der Waals surface area contributed by atoms with Crippen LogP contribution in [0, 0.1) is 0 Å². The Hall–Kier alpha value is -4.98. The highest BCUT2D eigenvalue weighted by molar-refractivity contribution is 5.89. The zero-order valence-corrected chi connectivity index (χ0v) is 34.5. The largest absolute Gasteiger partial charge is 0.491 e. The maximum atomic E-state index is 12.7. The summed E-state index contributed by atoms with van der Waals surface area (Å²) in [4.78, 5) is 25.5. The van der Waals surface area contributed by atoms with Gasteiger partial charge in [0.25, 0.3) is 0 Å². The van der Waals surface area contributed by atoms with Crippen LogP contribution >= 0.6 is 0 Å². The lowest BCUT2D eigenvalue weighted by atomic mass is 9.75. The quantitative estimate of drug-likeness (QED) is 0.115. The highest BCUT2D eigenvalue weighted by Crippen LogP contribution is 2.49. The number of hydrogen-bond acceptors (Lipinski definition) is 4. The Balaban J connectivity index is 1.79. The molecule has 0 heterocycles. The Kier molecular flexibility index (Phi) is 13.2. The molecule has 54 heavy (non-hydrogen) atoms. The molecule has 0 bridgehead atoms. The molecule has 0 aromatic heterocycles. The first-order valence-corrected chi connectivity index (χ1v) is 19.0. The van der Waals surface area contributed by atoms with Crippen molar-refractivity contribution in [1.82, 2.24) is 10.6 Å². The Morgan fingerprint density at radius 3 is 1.11 bits per heavy atom. The molecule has 0 radical (unpaired) electrons. The molecule has 0 aliphatic rings. The summed E-state index contributed by atoms with van der Waals surface area (Å²) in [6.07, 6.45) is 0. The van der Waals surface area contributed by atoms with Gasteiger partial charge in [-0.15, -0.1) is 0 Å². The van der Waals surface area contributed by atoms with E-state index in [1.54, 1.807) is 0 Å². The summed E-state index contributed by atoms with van der Waals surface area (Å²) in [5.41, 5.74) is 6.96. The van der Waals surface area contributed by atoms with Crippen LogP contribution < -0.4 is 30.7 Å². The molecule has 290 valence electrons. The van der Waals surface area contributed by atoms with Crippen molar-refractivity contribution in [1.29, 1.82) is 0 Å². The lowest BCUT2D eigenvalue weighted by Gasteiger charge is -2.32. The molecule has 0 atom stereocenters. The van der Waals surface area contributed by atoms with Gasteiger partial charge in [-0.05, 0) is 69.2 Å². The molecule has 4 amide bonds. The molecule has 4 rings (SSSR count). The number of para-hydroxylation sites is 2. The average Bonchev–Trinajstić information content (AvgIpc) is 3.07. The summed E-state index contributed by atoms with van der Waals surface area (Å²) in [5.74, 6) is 1.52. The summed E-state index contributed by atoms with van der Waals surface area (Å²) in [7, 11) is 0. The summed E-state index contributed by atoms with van der Waals surface area (Å²) < 4.78 is 13.5. The number of ether oxygens (including phenoxy) is 2. The van der Waals surface area contributed by atoms with Gasteiger partial charge in [-0.2, -0.15) is 0 Å². The Bertz CT molecular complexity index is 1740. The minimum Gasteiger partial charge on any atom is -0.491 e. The highest BCUT2D eigenvalue weighted by atomic mass is 16.5. The van der Waals surface area contributed by atoms with E-state index in [2.05, 4.69) is 129 Å². The number of carbonyl (C=O) groups excluding carboxylic acids is 2. The van der Waals surface area contributed by atoms with Gasteiger partial charge in [0, 0.05) is 33.6 Å². The van der Waals surface area contributed by atoms with Crippen LogP contribution in [0.4, 0.5) is 21.0 Å². The number of benzene rings is 4. The van der Waals surface area contributed by atoms with E-state index >= 15 is 0 Å². The van der Waals surface area contributed by atoms with Crippen LogP contribution in [-0.2, 0) is 21.7 Å². The number of amides is 4. The Morgan fingerprint density at radius 1 is 0.481 bits per heavy atom. The van der Waals surface area contributed by atoms with Crippen LogP contribution in [0.25, 0.3) is 11.1 Å². The first-order valence-electron chi connectivity index (χ1n) is 19.0. The van der Waals surface area contributed by atoms with Gasteiger partial charge in [0.05, 0.1) is 13.1 Å². The standard InChI is InChI=1S/C46H62N4O4/c1-43(2,3)31-27-35(39(37(29-31)45(7,8)9)53-25-23-47-41(51)49-33-19-15-13-16-20-33)36-28-32(44(4,5)6)30-38(46(10,11)12)40(36)54-26-24-48-42(52)50-34-21-17-14-18-22-34/h13-22,27-30H,23-26H2,1-12H3,(H2,47,49,51)(H2,48,50,52). The fourth-order valence-electron chi connectivity index (χ4n) is 5.98. The van der Waals surface area contributed by atoms with Crippen LogP contribution in [-0.4, -0.2) is 38.4 Å². The monoisotopic (exact) mass is 734 g/mol. The second-order valence-electron chi connectivity index (χ2n) is 18.0. The summed E-state index contributed by atoms with van der Waals surface area (Å²) in [6.45, 7) is 27.7. The molecule has 0 spiro atoms. The van der Waals surface area contributed by atoms with Crippen molar-refractivity contribution in [3.63, 3.8) is 0 Å². The molecule has 0 saturated carbocycles. The third-order valence-electron chi connectivity index (χ3n) is 9.15. The third-order valence-corrected chi connectivity index (χ3v) is 9.15. The van der Waals surface area contributed by atoms with Crippen molar-refractivity contribution in [2.45, 2.75) is 105 Å². The van der Waals surface area contributed by atoms with Crippen molar-refractivity contribution in [2.75, 3.05) is 36.9 Å². The van der Waals surface area contributed by atoms with E-state index in [9.17, 15) is 9.59 Å². The van der Waals surface area contributed by atoms with Crippen LogP contribution in [0.3, 0.4) is 0 Å². The number of carbonyl (C=O) groups is 2. The zero-order chi connectivity index (χ0) is 39.9. The number of anilines is 2. The summed E-state index contributed by atoms with van der Waals surface area (Å²) in [6, 6.07) is 27.2. The molecule has 4 aromatic carbocycles. The van der Waals surface area contributed by atoms with E-state index in [-0.39, 0.29) is 46.9 Å². The molecule has 0 aliphatic carbocycles. The van der Waals surface area contributed by atoms with Gasteiger partial charge in [0.1, 0.15) is 24.7 Å². The predicted molar refractivity (Wildman–Crippen MR) is 225 cm³/mol. The van der Waals surface area contributed by atoms with Crippen molar-refractivity contribution in [2.24, 2.45) is 0 Å².